The standard InChI is InChI=1S/C11H15BrClNO2/c1-16-5-4-14-11(7-15)8-2-3-10(13)9(12)6-8/h2-3,6,11,14-15H,4-5,7H2,1H3. The van der Waals surface area contributed by atoms with E-state index in [-0.39, 0.29) is 12.6 Å². The van der Waals surface area contributed by atoms with Gasteiger partial charge >= 0.3 is 0 Å². The second-order valence-corrected chi connectivity index (χ2v) is 4.62. The molecule has 0 aliphatic heterocycles. The molecule has 0 amide bonds. The molecule has 1 rings (SSSR count). The van der Waals surface area contributed by atoms with Crippen LogP contribution in [-0.2, 0) is 4.74 Å². The summed E-state index contributed by atoms with van der Waals surface area (Å²) in [6.45, 7) is 1.35. The summed E-state index contributed by atoms with van der Waals surface area (Å²) in [4.78, 5) is 0. The Morgan fingerprint density at radius 1 is 1.56 bits per heavy atom. The molecule has 0 fully saturated rings. The van der Waals surface area contributed by atoms with Crippen molar-refractivity contribution < 1.29 is 9.84 Å². The Hall–Kier alpha value is -0.130. The first-order valence-electron chi connectivity index (χ1n) is 4.97. The molecule has 0 bridgehead atoms. The predicted octanol–water partition coefficient (Wildman–Crippen LogP) is 2.37. The van der Waals surface area contributed by atoms with Crippen LogP contribution >= 0.6 is 27.5 Å². The Morgan fingerprint density at radius 3 is 2.88 bits per heavy atom. The van der Waals surface area contributed by atoms with Crippen LogP contribution in [0.5, 0.6) is 0 Å². The van der Waals surface area contributed by atoms with E-state index in [1.807, 2.05) is 18.2 Å². The monoisotopic (exact) mass is 307 g/mol. The average molecular weight is 309 g/mol. The van der Waals surface area contributed by atoms with Gasteiger partial charge in [-0.15, -0.1) is 0 Å². The lowest BCUT2D eigenvalue weighted by atomic mass is 10.1. The van der Waals surface area contributed by atoms with Crippen molar-refractivity contribution in [1.82, 2.24) is 5.32 Å². The number of hydrogen-bond donors (Lipinski definition) is 2. The molecule has 90 valence electrons. The minimum atomic E-state index is -0.0938. The lowest BCUT2D eigenvalue weighted by Gasteiger charge is -2.17. The van der Waals surface area contributed by atoms with E-state index in [2.05, 4.69) is 21.2 Å². The van der Waals surface area contributed by atoms with Gasteiger partial charge in [-0.05, 0) is 33.6 Å². The van der Waals surface area contributed by atoms with Crippen molar-refractivity contribution in [2.75, 3.05) is 26.9 Å². The highest BCUT2D eigenvalue weighted by atomic mass is 79.9. The molecule has 1 unspecified atom stereocenters. The van der Waals surface area contributed by atoms with E-state index in [1.165, 1.54) is 0 Å². The first-order chi connectivity index (χ1) is 7.69. The van der Waals surface area contributed by atoms with Crippen molar-refractivity contribution in [3.8, 4) is 0 Å². The summed E-state index contributed by atoms with van der Waals surface area (Å²) in [7, 11) is 1.65. The predicted molar refractivity (Wildman–Crippen MR) is 68.9 cm³/mol. The summed E-state index contributed by atoms with van der Waals surface area (Å²) < 4.78 is 5.77. The molecule has 0 heterocycles. The van der Waals surface area contributed by atoms with Crippen molar-refractivity contribution in [1.29, 1.82) is 0 Å². The highest BCUT2D eigenvalue weighted by Crippen LogP contribution is 2.25. The summed E-state index contributed by atoms with van der Waals surface area (Å²) in [5.74, 6) is 0. The Kier molecular flexibility index (Phi) is 6.31. The number of aliphatic hydroxyl groups excluding tert-OH is 1. The van der Waals surface area contributed by atoms with Crippen LogP contribution in [0.15, 0.2) is 22.7 Å². The van der Waals surface area contributed by atoms with Crippen molar-refractivity contribution in [3.05, 3.63) is 33.3 Å². The highest BCUT2D eigenvalue weighted by Gasteiger charge is 2.10. The molecule has 0 saturated heterocycles. The largest absolute Gasteiger partial charge is 0.394 e. The maximum atomic E-state index is 9.29. The molecule has 0 saturated carbocycles. The van der Waals surface area contributed by atoms with Crippen molar-refractivity contribution in [2.45, 2.75) is 6.04 Å². The minimum absolute atomic E-state index is 0.0395. The zero-order chi connectivity index (χ0) is 12.0. The number of nitrogens with one attached hydrogen (secondary N) is 1. The fraction of sp³-hybridized carbons (Fsp3) is 0.455. The zero-order valence-electron chi connectivity index (χ0n) is 9.04. The summed E-state index contributed by atoms with van der Waals surface area (Å²) in [5, 5.41) is 13.1. The molecule has 1 atom stereocenters. The quantitative estimate of drug-likeness (QED) is 0.793. The van der Waals surface area contributed by atoms with E-state index in [9.17, 15) is 5.11 Å². The Morgan fingerprint density at radius 2 is 2.31 bits per heavy atom. The number of benzene rings is 1. The molecular formula is C11H15BrClNO2. The van der Waals surface area contributed by atoms with Crippen LogP contribution in [0.2, 0.25) is 5.02 Å². The van der Waals surface area contributed by atoms with Crippen LogP contribution in [0.25, 0.3) is 0 Å². The van der Waals surface area contributed by atoms with E-state index in [4.69, 9.17) is 16.3 Å². The molecule has 0 spiro atoms. The van der Waals surface area contributed by atoms with E-state index < -0.39 is 0 Å². The van der Waals surface area contributed by atoms with Gasteiger partial charge in [-0.1, -0.05) is 17.7 Å². The van der Waals surface area contributed by atoms with Gasteiger partial charge < -0.3 is 15.2 Å². The molecule has 1 aromatic rings. The Labute approximate surface area is 109 Å². The van der Waals surface area contributed by atoms with Gasteiger partial charge in [0.25, 0.3) is 0 Å². The van der Waals surface area contributed by atoms with Crippen molar-refractivity contribution in [2.24, 2.45) is 0 Å². The van der Waals surface area contributed by atoms with Crippen molar-refractivity contribution in [3.63, 3.8) is 0 Å². The van der Waals surface area contributed by atoms with Crippen LogP contribution in [0.1, 0.15) is 11.6 Å². The first-order valence-corrected chi connectivity index (χ1v) is 6.14. The highest BCUT2D eigenvalue weighted by molar-refractivity contribution is 9.10. The normalized spacial score (nSPS) is 12.8. The fourth-order valence-electron chi connectivity index (χ4n) is 1.35. The second-order valence-electron chi connectivity index (χ2n) is 3.36. The van der Waals surface area contributed by atoms with Gasteiger partial charge in [-0.25, -0.2) is 0 Å². The van der Waals surface area contributed by atoms with Gasteiger partial charge in [0.1, 0.15) is 0 Å². The second kappa shape index (κ2) is 7.25. The summed E-state index contributed by atoms with van der Waals surface area (Å²) in [5.41, 5.74) is 0.995. The molecule has 16 heavy (non-hydrogen) atoms. The fourth-order valence-corrected chi connectivity index (χ4v) is 1.87. The van der Waals surface area contributed by atoms with Crippen molar-refractivity contribution >= 4 is 27.5 Å². The minimum Gasteiger partial charge on any atom is -0.394 e. The SMILES string of the molecule is COCCNC(CO)c1ccc(Cl)c(Br)c1. The molecule has 3 nitrogen and oxygen atoms in total. The van der Waals surface area contributed by atoms with Gasteiger partial charge in [0.2, 0.25) is 0 Å². The molecule has 1 aromatic carbocycles. The Bertz CT molecular complexity index is 336. The summed E-state index contributed by atoms with van der Waals surface area (Å²) >= 11 is 9.26. The van der Waals surface area contributed by atoms with E-state index in [1.54, 1.807) is 7.11 Å². The lowest BCUT2D eigenvalue weighted by molar-refractivity contribution is 0.184. The molecule has 0 aliphatic rings. The topological polar surface area (TPSA) is 41.5 Å². The smallest absolute Gasteiger partial charge is 0.0626 e. The number of methoxy groups -OCH3 is 1. The molecule has 2 N–H and O–H groups in total. The number of rotatable bonds is 6. The molecule has 5 heteroatoms. The maximum Gasteiger partial charge on any atom is 0.0626 e. The third-order valence-electron chi connectivity index (χ3n) is 2.23. The zero-order valence-corrected chi connectivity index (χ0v) is 11.4. The molecular weight excluding hydrogens is 293 g/mol. The average Bonchev–Trinajstić information content (AvgIpc) is 2.29. The molecule has 0 radical (unpaired) electrons. The maximum absolute atomic E-state index is 9.29. The number of hydrogen-bond acceptors (Lipinski definition) is 3. The number of aliphatic hydroxyl groups is 1. The van der Waals surface area contributed by atoms with Gasteiger partial charge in [-0.2, -0.15) is 0 Å². The van der Waals surface area contributed by atoms with E-state index >= 15 is 0 Å². The van der Waals surface area contributed by atoms with Crippen LogP contribution in [0.3, 0.4) is 0 Å². The third kappa shape index (κ3) is 4.03. The van der Waals surface area contributed by atoms with Gasteiger partial charge in [-0.3, -0.25) is 0 Å². The lowest BCUT2D eigenvalue weighted by Crippen LogP contribution is -2.27. The molecule has 0 aliphatic carbocycles. The Balaban J connectivity index is 2.67. The van der Waals surface area contributed by atoms with E-state index in [0.717, 1.165) is 10.0 Å². The van der Waals surface area contributed by atoms with Gasteiger partial charge in [0, 0.05) is 18.1 Å². The van der Waals surface area contributed by atoms with E-state index in [0.29, 0.717) is 18.2 Å². The first kappa shape index (κ1) is 13.9. The van der Waals surface area contributed by atoms with Crippen LogP contribution in [-0.4, -0.2) is 32.0 Å². The van der Waals surface area contributed by atoms with Gasteiger partial charge in [0.15, 0.2) is 0 Å². The third-order valence-corrected chi connectivity index (χ3v) is 3.44. The van der Waals surface area contributed by atoms with Crippen LogP contribution in [0, 0.1) is 0 Å². The number of halogens is 2. The number of ether oxygens (including phenoxy) is 1. The summed E-state index contributed by atoms with van der Waals surface area (Å²) in [6.07, 6.45) is 0. The molecule has 0 aromatic heterocycles. The van der Waals surface area contributed by atoms with Crippen LogP contribution < -0.4 is 5.32 Å². The van der Waals surface area contributed by atoms with Gasteiger partial charge in [0.05, 0.1) is 24.3 Å². The summed E-state index contributed by atoms with van der Waals surface area (Å²) in [6, 6.07) is 5.52. The van der Waals surface area contributed by atoms with Crippen LogP contribution in [0.4, 0.5) is 0 Å².